The first-order valence-electron chi connectivity index (χ1n) is 6.12. The van der Waals surface area contributed by atoms with E-state index in [9.17, 15) is 0 Å². The van der Waals surface area contributed by atoms with Gasteiger partial charge in [0.2, 0.25) is 0 Å². The molecule has 0 radical (unpaired) electrons. The van der Waals surface area contributed by atoms with Crippen molar-refractivity contribution in [3.8, 4) is 0 Å². The molecule has 0 amide bonds. The molecular formula is C12H25NO. The van der Waals surface area contributed by atoms with E-state index in [0.29, 0.717) is 12.1 Å². The Bertz CT molecular complexity index is 149. The van der Waals surface area contributed by atoms with E-state index in [1.54, 1.807) is 0 Å². The van der Waals surface area contributed by atoms with Gasteiger partial charge in [0.15, 0.2) is 0 Å². The van der Waals surface area contributed by atoms with E-state index in [2.05, 4.69) is 26.1 Å². The first-order valence-corrected chi connectivity index (χ1v) is 6.12. The monoisotopic (exact) mass is 199 g/mol. The zero-order valence-electron chi connectivity index (χ0n) is 9.88. The molecule has 0 aromatic carbocycles. The van der Waals surface area contributed by atoms with E-state index in [0.717, 1.165) is 19.1 Å². The second kappa shape index (κ2) is 6.41. The number of rotatable bonds is 6. The normalized spacial score (nSPS) is 29.4. The highest BCUT2D eigenvalue weighted by atomic mass is 16.5. The largest absolute Gasteiger partial charge is 0.378 e. The van der Waals surface area contributed by atoms with E-state index in [1.165, 1.54) is 25.7 Å². The third-order valence-corrected chi connectivity index (χ3v) is 3.13. The number of hydrogen-bond donors (Lipinski definition) is 1. The molecule has 0 aliphatic carbocycles. The van der Waals surface area contributed by atoms with Crippen molar-refractivity contribution in [1.29, 1.82) is 0 Å². The van der Waals surface area contributed by atoms with Gasteiger partial charge in [0.05, 0.1) is 12.7 Å². The fourth-order valence-electron chi connectivity index (χ4n) is 2.32. The van der Waals surface area contributed by atoms with Gasteiger partial charge in [-0.3, -0.25) is 0 Å². The molecule has 0 aromatic heterocycles. The fraction of sp³-hybridized carbons (Fsp3) is 1.00. The van der Waals surface area contributed by atoms with Gasteiger partial charge in [-0.05, 0) is 26.3 Å². The summed E-state index contributed by atoms with van der Waals surface area (Å²) in [4.78, 5) is 0. The van der Waals surface area contributed by atoms with Crippen molar-refractivity contribution >= 4 is 0 Å². The molecule has 1 heterocycles. The maximum atomic E-state index is 5.63. The standard InChI is InChI=1S/C12H25NO/c1-4-6-7-12(13-5-2)11-8-10(3)14-9-11/h10-13H,4-9H2,1-3H3. The number of ether oxygens (including phenoxy) is 1. The van der Waals surface area contributed by atoms with E-state index in [-0.39, 0.29) is 0 Å². The summed E-state index contributed by atoms with van der Waals surface area (Å²) in [5.41, 5.74) is 0. The van der Waals surface area contributed by atoms with Crippen molar-refractivity contribution in [1.82, 2.24) is 5.32 Å². The lowest BCUT2D eigenvalue weighted by Gasteiger charge is -2.23. The molecule has 2 nitrogen and oxygen atoms in total. The Hall–Kier alpha value is -0.0800. The molecule has 3 atom stereocenters. The summed E-state index contributed by atoms with van der Waals surface area (Å²) in [6.45, 7) is 8.68. The zero-order chi connectivity index (χ0) is 10.4. The first kappa shape index (κ1) is 12.0. The predicted octanol–water partition coefficient (Wildman–Crippen LogP) is 2.58. The summed E-state index contributed by atoms with van der Waals surface area (Å²) < 4.78 is 5.63. The van der Waals surface area contributed by atoms with Crippen LogP contribution in [0.1, 0.15) is 46.5 Å². The lowest BCUT2D eigenvalue weighted by molar-refractivity contribution is 0.116. The van der Waals surface area contributed by atoms with Gasteiger partial charge in [0, 0.05) is 12.0 Å². The maximum Gasteiger partial charge on any atom is 0.0551 e. The van der Waals surface area contributed by atoms with Gasteiger partial charge >= 0.3 is 0 Å². The maximum absolute atomic E-state index is 5.63. The fourth-order valence-corrected chi connectivity index (χ4v) is 2.32. The van der Waals surface area contributed by atoms with Gasteiger partial charge in [-0.25, -0.2) is 0 Å². The van der Waals surface area contributed by atoms with Gasteiger partial charge in [0.1, 0.15) is 0 Å². The minimum absolute atomic E-state index is 0.475. The minimum atomic E-state index is 0.475. The van der Waals surface area contributed by atoms with E-state index < -0.39 is 0 Å². The van der Waals surface area contributed by atoms with Crippen molar-refractivity contribution < 1.29 is 4.74 Å². The summed E-state index contributed by atoms with van der Waals surface area (Å²) >= 11 is 0. The second-order valence-corrected chi connectivity index (χ2v) is 4.45. The molecule has 1 aliphatic rings. The van der Waals surface area contributed by atoms with Crippen LogP contribution in [0.4, 0.5) is 0 Å². The Kier molecular flexibility index (Phi) is 5.49. The van der Waals surface area contributed by atoms with Crippen LogP contribution in [0.15, 0.2) is 0 Å². The van der Waals surface area contributed by atoms with Gasteiger partial charge in [-0.1, -0.05) is 26.7 Å². The molecule has 3 unspecified atom stereocenters. The van der Waals surface area contributed by atoms with Crippen molar-refractivity contribution in [2.75, 3.05) is 13.2 Å². The van der Waals surface area contributed by atoms with Gasteiger partial charge < -0.3 is 10.1 Å². The number of unbranched alkanes of at least 4 members (excludes halogenated alkanes) is 1. The number of hydrogen-bond acceptors (Lipinski definition) is 2. The molecule has 14 heavy (non-hydrogen) atoms. The first-order chi connectivity index (χ1) is 6.77. The second-order valence-electron chi connectivity index (χ2n) is 4.45. The summed E-state index contributed by atoms with van der Waals surface area (Å²) in [7, 11) is 0. The average Bonchev–Trinajstić information content (AvgIpc) is 2.59. The molecule has 1 rings (SSSR count). The van der Waals surface area contributed by atoms with Crippen LogP contribution >= 0.6 is 0 Å². The van der Waals surface area contributed by atoms with Crippen LogP contribution in [0.5, 0.6) is 0 Å². The lowest BCUT2D eigenvalue weighted by Crippen LogP contribution is -2.36. The van der Waals surface area contributed by atoms with E-state index >= 15 is 0 Å². The molecule has 84 valence electrons. The van der Waals surface area contributed by atoms with Crippen molar-refractivity contribution in [3.63, 3.8) is 0 Å². The highest BCUT2D eigenvalue weighted by Gasteiger charge is 2.28. The zero-order valence-corrected chi connectivity index (χ0v) is 9.88. The highest BCUT2D eigenvalue weighted by molar-refractivity contribution is 4.81. The van der Waals surface area contributed by atoms with Crippen LogP contribution in [0.25, 0.3) is 0 Å². The molecule has 1 saturated heterocycles. The molecule has 0 bridgehead atoms. The molecule has 1 aliphatic heterocycles. The van der Waals surface area contributed by atoms with Crippen LogP contribution in [-0.4, -0.2) is 25.3 Å². The van der Waals surface area contributed by atoms with E-state index in [4.69, 9.17) is 4.74 Å². The molecular weight excluding hydrogens is 174 g/mol. The van der Waals surface area contributed by atoms with Gasteiger partial charge in [0.25, 0.3) is 0 Å². The van der Waals surface area contributed by atoms with Crippen LogP contribution in [0.3, 0.4) is 0 Å². The predicted molar refractivity (Wildman–Crippen MR) is 60.5 cm³/mol. The van der Waals surface area contributed by atoms with Crippen LogP contribution in [0, 0.1) is 5.92 Å². The third-order valence-electron chi connectivity index (χ3n) is 3.13. The van der Waals surface area contributed by atoms with Crippen molar-refractivity contribution in [2.45, 2.75) is 58.6 Å². The third kappa shape index (κ3) is 3.58. The van der Waals surface area contributed by atoms with Crippen LogP contribution in [-0.2, 0) is 4.74 Å². The van der Waals surface area contributed by atoms with Crippen molar-refractivity contribution in [3.05, 3.63) is 0 Å². The summed E-state index contributed by atoms with van der Waals surface area (Å²) in [5.74, 6) is 0.747. The molecule has 0 aromatic rings. The molecule has 0 spiro atoms. The van der Waals surface area contributed by atoms with Crippen molar-refractivity contribution in [2.24, 2.45) is 5.92 Å². The summed E-state index contributed by atoms with van der Waals surface area (Å²) in [5, 5.41) is 3.60. The Labute approximate surface area is 88.4 Å². The highest BCUT2D eigenvalue weighted by Crippen LogP contribution is 2.24. The molecule has 1 N–H and O–H groups in total. The smallest absolute Gasteiger partial charge is 0.0551 e. The average molecular weight is 199 g/mol. The molecule has 0 saturated carbocycles. The van der Waals surface area contributed by atoms with Crippen LogP contribution in [0.2, 0.25) is 0 Å². The Morgan fingerprint density at radius 1 is 1.43 bits per heavy atom. The minimum Gasteiger partial charge on any atom is -0.378 e. The Balaban J connectivity index is 2.33. The Morgan fingerprint density at radius 2 is 2.21 bits per heavy atom. The van der Waals surface area contributed by atoms with Gasteiger partial charge in [-0.2, -0.15) is 0 Å². The lowest BCUT2D eigenvalue weighted by atomic mass is 9.93. The number of nitrogens with one attached hydrogen (secondary N) is 1. The van der Waals surface area contributed by atoms with Crippen LogP contribution < -0.4 is 5.32 Å². The molecule has 2 heteroatoms. The quantitative estimate of drug-likeness (QED) is 0.710. The summed E-state index contributed by atoms with van der Waals surface area (Å²) in [6, 6.07) is 0.685. The topological polar surface area (TPSA) is 21.3 Å². The summed E-state index contributed by atoms with van der Waals surface area (Å²) in [6.07, 6.45) is 5.66. The van der Waals surface area contributed by atoms with E-state index in [1.807, 2.05) is 0 Å². The Morgan fingerprint density at radius 3 is 2.71 bits per heavy atom. The van der Waals surface area contributed by atoms with Gasteiger partial charge in [-0.15, -0.1) is 0 Å². The SMILES string of the molecule is CCCCC(NCC)C1COC(C)C1. The molecule has 1 fully saturated rings.